The summed E-state index contributed by atoms with van der Waals surface area (Å²) in [6.07, 6.45) is 0. The highest BCUT2D eigenvalue weighted by Gasteiger charge is 2.08. The number of anilines is 1. The summed E-state index contributed by atoms with van der Waals surface area (Å²) in [5.74, 6) is -1.50. The minimum absolute atomic E-state index is 0.00727. The maximum absolute atomic E-state index is 13.0. The Bertz CT molecular complexity index is 732. The Balaban J connectivity index is 1.82. The molecule has 6 heteroatoms. The molecule has 0 aliphatic carbocycles. The number of carbonyl (C=O) groups is 2. The molecule has 0 bridgehead atoms. The average Bonchev–Trinajstić information content (AvgIpc) is 2.51. The average molecular weight is 315 g/mol. The third-order valence-electron chi connectivity index (χ3n) is 3.22. The van der Waals surface area contributed by atoms with Gasteiger partial charge in [-0.1, -0.05) is 23.8 Å². The molecule has 2 rings (SSSR count). The zero-order valence-electron chi connectivity index (χ0n) is 12.9. The maximum atomic E-state index is 13.0. The summed E-state index contributed by atoms with van der Waals surface area (Å²) < 4.78 is 13.0. The number of hydrogen-bond donors (Lipinski definition) is 3. The lowest BCUT2D eigenvalue weighted by Crippen LogP contribution is -2.44. The van der Waals surface area contributed by atoms with Crippen LogP contribution < -0.4 is 16.2 Å². The standard InChI is InChI=1S/C17H18FN3O2/c1-11-6-7-15(12(2)8-11)19-10-16(22)20-21-17(23)13-4-3-5-14(18)9-13/h3-9,19H,10H2,1-2H3,(H,20,22)(H,21,23). The van der Waals surface area contributed by atoms with Gasteiger partial charge in [-0.2, -0.15) is 0 Å². The first-order chi connectivity index (χ1) is 11.0. The molecule has 23 heavy (non-hydrogen) atoms. The summed E-state index contributed by atoms with van der Waals surface area (Å²) in [5.41, 5.74) is 7.67. The number of carbonyl (C=O) groups excluding carboxylic acids is 2. The summed E-state index contributed by atoms with van der Waals surface area (Å²) in [5, 5.41) is 2.99. The van der Waals surface area contributed by atoms with E-state index in [0.717, 1.165) is 22.9 Å². The first-order valence-corrected chi connectivity index (χ1v) is 7.11. The van der Waals surface area contributed by atoms with E-state index in [1.807, 2.05) is 32.0 Å². The van der Waals surface area contributed by atoms with Gasteiger partial charge in [-0.05, 0) is 43.7 Å². The summed E-state index contributed by atoms with van der Waals surface area (Å²) in [7, 11) is 0. The maximum Gasteiger partial charge on any atom is 0.269 e. The molecule has 5 nitrogen and oxygen atoms in total. The van der Waals surface area contributed by atoms with Crippen molar-refractivity contribution in [1.29, 1.82) is 0 Å². The van der Waals surface area contributed by atoms with Crippen LogP contribution in [0.4, 0.5) is 10.1 Å². The molecule has 0 radical (unpaired) electrons. The highest BCUT2D eigenvalue weighted by Crippen LogP contribution is 2.15. The third kappa shape index (κ3) is 4.81. The number of aryl methyl sites for hydroxylation is 2. The van der Waals surface area contributed by atoms with Crippen LogP contribution in [0.5, 0.6) is 0 Å². The number of rotatable bonds is 4. The van der Waals surface area contributed by atoms with Gasteiger partial charge in [0.1, 0.15) is 5.82 Å². The molecule has 0 unspecified atom stereocenters. The molecule has 0 atom stereocenters. The van der Waals surface area contributed by atoms with Crippen LogP contribution in [0.3, 0.4) is 0 Å². The monoisotopic (exact) mass is 315 g/mol. The fourth-order valence-electron chi connectivity index (χ4n) is 2.06. The highest BCUT2D eigenvalue weighted by atomic mass is 19.1. The van der Waals surface area contributed by atoms with Gasteiger partial charge in [0.15, 0.2) is 0 Å². The zero-order valence-corrected chi connectivity index (χ0v) is 12.9. The van der Waals surface area contributed by atoms with Crippen molar-refractivity contribution >= 4 is 17.5 Å². The SMILES string of the molecule is Cc1ccc(NCC(=O)NNC(=O)c2cccc(F)c2)c(C)c1. The molecule has 0 saturated heterocycles. The van der Waals surface area contributed by atoms with Crippen LogP contribution in [0.2, 0.25) is 0 Å². The molecule has 2 amide bonds. The van der Waals surface area contributed by atoms with Crippen molar-refractivity contribution in [3.05, 3.63) is 65.0 Å². The van der Waals surface area contributed by atoms with Crippen molar-refractivity contribution in [2.24, 2.45) is 0 Å². The lowest BCUT2D eigenvalue weighted by atomic mass is 10.1. The van der Waals surface area contributed by atoms with Crippen molar-refractivity contribution in [1.82, 2.24) is 10.9 Å². The Kier molecular flexibility index (Phi) is 5.30. The molecule has 0 saturated carbocycles. The van der Waals surface area contributed by atoms with Crippen LogP contribution in [0.25, 0.3) is 0 Å². The Morgan fingerprint density at radius 1 is 1.04 bits per heavy atom. The van der Waals surface area contributed by atoms with Crippen LogP contribution in [-0.4, -0.2) is 18.4 Å². The summed E-state index contributed by atoms with van der Waals surface area (Å²) >= 11 is 0. The molecule has 0 aromatic heterocycles. The second kappa shape index (κ2) is 7.40. The van der Waals surface area contributed by atoms with Gasteiger partial charge in [-0.3, -0.25) is 20.4 Å². The summed E-state index contributed by atoms with van der Waals surface area (Å²) in [6, 6.07) is 11.1. The van der Waals surface area contributed by atoms with Gasteiger partial charge in [0.2, 0.25) is 0 Å². The number of benzene rings is 2. The van der Waals surface area contributed by atoms with Gasteiger partial charge < -0.3 is 5.32 Å². The minimum Gasteiger partial charge on any atom is -0.376 e. The lowest BCUT2D eigenvalue weighted by molar-refractivity contribution is -0.120. The van der Waals surface area contributed by atoms with Crippen molar-refractivity contribution < 1.29 is 14.0 Å². The van der Waals surface area contributed by atoms with Gasteiger partial charge >= 0.3 is 0 Å². The van der Waals surface area contributed by atoms with Crippen LogP contribution >= 0.6 is 0 Å². The van der Waals surface area contributed by atoms with Gasteiger partial charge in [0.25, 0.3) is 11.8 Å². The predicted octanol–water partition coefficient (Wildman–Crippen LogP) is 2.32. The largest absolute Gasteiger partial charge is 0.376 e. The normalized spacial score (nSPS) is 10.0. The Morgan fingerprint density at radius 2 is 1.83 bits per heavy atom. The van der Waals surface area contributed by atoms with Crippen molar-refractivity contribution in [3.63, 3.8) is 0 Å². The molecule has 0 fully saturated rings. The van der Waals surface area contributed by atoms with E-state index in [0.29, 0.717) is 0 Å². The van der Waals surface area contributed by atoms with Crippen molar-refractivity contribution in [2.75, 3.05) is 11.9 Å². The number of hydrogen-bond acceptors (Lipinski definition) is 3. The molecule has 0 spiro atoms. The number of nitrogens with one attached hydrogen (secondary N) is 3. The zero-order chi connectivity index (χ0) is 16.8. The first-order valence-electron chi connectivity index (χ1n) is 7.11. The topological polar surface area (TPSA) is 70.2 Å². The molecular formula is C17H18FN3O2. The van der Waals surface area contributed by atoms with E-state index in [9.17, 15) is 14.0 Å². The number of amides is 2. The van der Waals surface area contributed by atoms with E-state index in [1.54, 1.807) is 0 Å². The molecule has 0 aliphatic heterocycles. The fourth-order valence-corrected chi connectivity index (χ4v) is 2.06. The van der Waals surface area contributed by atoms with E-state index < -0.39 is 17.6 Å². The van der Waals surface area contributed by atoms with Crippen LogP contribution in [0, 0.1) is 19.7 Å². The third-order valence-corrected chi connectivity index (χ3v) is 3.22. The smallest absolute Gasteiger partial charge is 0.269 e. The molecular weight excluding hydrogens is 297 g/mol. The Hall–Kier alpha value is -2.89. The molecule has 2 aromatic rings. The van der Waals surface area contributed by atoms with E-state index in [-0.39, 0.29) is 12.1 Å². The van der Waals surface area contributed by atoms with Gasteiger partial charge in [-0.25, -0.2) is 4.39 Å². The predicted molar refractivity (Wildman–Crippen MR) is 86.4 cm³/mol. The molecule has 0 heterocycles. The molecule has 3 N–H and O–H groups in total. The van der Waals surface area contributed by atoms with Gasteiger partial charge in [0.05, 0.1) is 6.54 Å². The van der Waals surface area contributed by atoms with E-state index in [2.05, 4.69) is 16.2 Å². The lowest BCUT2D eigenvalue weighted by Gasteiger charge is -2.11. The van der Waals surface area contributed by atoms with E-state index in [1.165, 1.54) is 18.2 Å². The summed E-state index contributed by atoms with van der Waals surface area (Å²) in [6.45, 7) is 3.94. The van der Waals surface area contributed by atoms with Gasteiger partial charge in [-0.15, -0.1) is 0 Å². The number of halogens is 1. The van der Waals surface area contributed by atoms with Crippen molar-refractivity contribution in [2.45, 2.75) is 13.8 Å². The van der Waals surface area contributed by atoms with Gasteiger partial charge in [0, 0.05) is 11.3 Å². The van der Waals surface area contributed by atoms with E-state index in [4.69, 9.17) is 0 Å². The van der Waals surface area contributed by atoms with Crippen LogP contribution in [-0.2, 0) is 4.79 Å². The van der Waals surface area contributed by atoms with Crippen LogP contribution in [0.15, 0.2) is 42.5 Å². The second-order valence-electron chi connectivity index (χ2n) is 5.18. The van der Waals surface area contributed by atoms with Crippen LogP contribution in [0.1, 0.15) is 21.5 Å². The number of hydrazine groups is 1. The van der Waals surface area contributed by atoms with E-state index >= 15 is 0 Å². The molecule has 120 valence electrons. The molecule has 2 aromatic carbocycles. The van der Waals surface area contributed by atoms with Crippen molar-refractivity contribution in [3.8, 4) is 0 Å². The summed E-state index contributed by atoms with van der Waals surface area (Å²) in [4.78, 5) is 23.5. The highest BCUT2D eigenvalue weighted by molar-refractivity contribution is 5.95. The second-order valence-corrected chi connectivity index (χ2v) is 5.18. The fraction of sp³-hybridized carbons (Fsp3) is 0.176. The Morgan fingerprint density at radius 3 is 2.52 bits per heavy atom. The molecule has 0 aliphatic rings. The quantitative estimate of drug-likeness (QED) is 0.758. The Labute approximate surface area is 133 Å². The minimum atomic E-state index is -0.579. The first kappa shape index (κ1) is 16.5.